The van der Waals surface area contributed by atoms with E-state index in [9.17, 15) is 0 Å². The highest BCUT2D eigenvalue weighted by molar-refractivity contribution is 6.76. The highest BCUT2D eigenvalue weighted by atomic mass is 28.3. The minimum absolute atomic E-state index is 0.466. The molecule has 9 heteroatoms. The van der Waals surface area contributed by atoms with Gasteiger partial charge in [0.05, 0.1) is 17.6 Å². The van der Waals surface area contributed by atoms with Gasteiger partial charge in [0.25, 0.3) is 0 Å². The third-order valence-corrected chi connectivity index (χ3v) is 13.5. The summed E-state index contributed by atoms with van der Waals surface area (Å²) in [5, 5.41) is 5.01. The summed E-state index contributed by atoms with van der Waals surface area (Å²) in [6.45, 7) is 19.1. The second kappa shape index (κ2) is 14.3. The van der Waals surface area contributed by atoms with Gasteiger partial charge in [-0.1, -0.05) is 88.5 Å². The summed E-state index contributed by atoms with van der Waals surface area (Å²) < 4.78 is 14.9. The SMILES string of the molecule is Cc1c([C@H]2C[C@@H]3CC[C@@H](C3)C2)nc2c(-c3ccc(-c4ccccc4)nc3)cnn2c1N(COCC[Si](C)(C)C)COCC[Si](C)(C)C. The van der Waals surface area contributed by atoms with Crippen LogP contribution in [0.2, 0.25) is 51.4 Å². The number of anilines is 1. The topological polar surface area (TPSA) is 64.8 Å². The molecule has 0 spiro atoms. The average molecular weight is 670 g/mol. The lowest BCUT2D eigenvalue weighted by Gasteiger charge is -2.32. The first kappa shape index (κ1) is 34.0. The van der Waals surface area contributed by atoms with E-state index in [0.29, 0.717) is 19.4 Å². The molecule has 2 bridgehead atoms. The minimum atomic E-state index is -1.22. The number of nitrogens with zero attached hydrogens (tertiary/aromatic N) is 5. The molecule has 3 atom stereocenters. The Kier molecular flexibility index (Phi) is 10.4. The molecule has 6 rings (SSSR count). The number of pyridine rings is 1. The minimum Gasteiger partial charge on any atom is -0.361 e. The first-order chi connectivity index (χ1) is 22.4. The molecule has 3 heterocycles. The van der Waals surface area contributed by atoms with Gasteiger partial charge in [0.2, 0.25) is 0 Å². The smallest absolute Gasteiger partial charge is 0.165 e. The summed E-state index contributed by atoms with van der Waals surface area (Å²) in [4.78, 5) is 12.6. The lowest BCUT2D eigenvalue weighted by atomic mass is 9.78. The lowest BCUT2D eigenvalue weighted by molar-refractivity contribution is 0.0941. The van der Waals surface area contributed by atoms with Crippen molar-refractivity contribution in [1.82, 2.24) is 19.6 Å². The molecular formula is C38H55N5O2Si2. The summed E-state index contributed by atoms with van der Waals surface area (Å²) in [5.74, 6) is 3.16. The quantitative estimate of drug-likeness (QED) is 0.0757. The molecule has 3 aromatic heterocycles. The van der Waals surface area contributed by atoms with E-state index >= 15 is 0 Å². The van der Waals surface area contributed by atoms with Gasteiger partial charge in [-0.15, -0.1) is 0 Å². The molecule has 7 nitrogen and oxygen atoms in total. The standard InChI is InChI=1S/C38H55N5O2Si2/c1-28-36(33-22-29-13-14-30(21-29)23-33)41-37-34(32-15-16-35(39-24-32)31-11-9-8-10-12-31)25-40-43(37)38(28)42(26-44-17-19-46(2,3)4)27-45-18-20-47(5,6)7/h8-12,15-16,24-25,29-30,33H,13-14,17-23,26-27H2,1-7H3/t29-,30+,33+. The van der Waals surface area contributed by atoms with Crippen LogP contribution in [-0.4, -0.2) is 62.4 Å². The molecule has 0 unspecified atom stereocenters. The fraction of sp³-hybridized carbons (Fsp3) is 0.553. The number of hydrogen-bond acceptors (Lipinski definition) is 6. The van der Waals surface area contributed by atoms with Gasteiger partial charge in [-0.05, 0) is 56.2 Å². The molecule has 252 valence electrons. The van der Waals surface area contributed by atoms with Crippen LogP contribution in [0.4, 0.5) is 5.82 Å². The van der Waals surface area contributed by atoms with Crippen molar-refractivity contribution in [3.63, 3.8) is 0 Å². The van der Waals surface area contributed by atoms with E-state index in [1.165, 1.54) is 43.4 Å². The molecule has 0 saturated heterocycles. The molecule has 0 radical (unpaired) electrons. The third kappa shape index (κ3) is 8.42. The predicted octanol–water partition coefficient (Wildman–Crippen LogP) is 9.49. The number of benzene rings is 1. The number of hydrogen-bond donors (Lipinski definition) is 0. The van der Waals surface area contributed by atoms with E-state index in [1.807, 2.05) is 23.0 Å². The van der Waals surface area contributed by atoms with E-state index in [4.69, 9.17) is 24.5 Å². The Hall–Kier alpha value is -2.86. The number of aromatic nitrogens is 4. The van der Waals surface area contributed by atoms with Crippen LogP contribution in [-0.2, 0) is 9.47 Å². The van der Waals surface area contributed by atoms with Crippen molar-refractivity contribution in [3.05, 3.63) is 66.1 Å². The van der Waals surface area contributed by atoms with Gasteiger partial charge in [0.15, 0.2) is 5.65 Å². The van der Waals surface area contributed by atoms with Gasteiger partial charge in [-0.2, -0.15) is 9.61 Å². The van der Waals surface area contributed by atoms with Gasteiger partial charge in [-0.3, -0.25) is 4.98 Å². The monoisotopic (exact) mass is 669 g/mol. The summed E-state index contributed by atoms with van der Waals surface area (Å²) >= 11 is 0. The van der Waals surface area contributed by atoms with Gasteiger partial charge < -0.3 is 14.4 Å². The van der Waals surface area contributed by atoms with Crippen molar-refractivity contribution in [2.24, 2.45) is 11.8 Å². The maximum absolute atomic E-state index is 6.42. The van der Waals surface area contributed by atoms with E-state index in [0.717, 1.165) is 71.0 Å². The van der Waals surface area contributed by atoms with Crippen LogP contribution >= 0.6 is 0 Å². The van der Waals surface area contributed by atoms with Crippen molar-refractivity contribution >= 4 is 27.6 Å². The second-order valence-electron chi connectivity index (χ2n) is 16.5. The first-order valence-corrected chi connectivity index (χ1v) is 25.2. The van der Waals surface area contributed by atoms with Crippen LogP contribution in [0.1, 0.15) is 49.3 Å². The summed E-state index contributed by atoms with van der Waals surface area (Å²) in [6, 6.07) is 16.9. The average Bonchev–Trinajstić information content (AvgIpc) is 3.61. The molecule has 2 fully saturated rings. The summed E-state index contributed by atoms with van der Waals surface area (Å²) in [7, 11) is -2.44. The van der Waals surface area contributed by atoms with Crippen molar-refractivity contribution in [3.8, 4) is 22.4 Å². The number of fused-ring (bicyclic) bond motifs is 3. The molecule has 4 aromatic rings. The highest BCUT2D eigenvalue weighted by Crippen LogP contribution is 2.49. The number of ether oxygens (including phenoxy) is 2. The zero-order valence-electron chi connectivity index (χ0n) is 29.8. The van der Waals surface area contributed by atoms with E-state index in [1.54, 1.807) is 0 Å². The Balaban J connectivity index is 1.39. The normalized spacial score (nSPS) is 19.9. The van der Waals surface area contributed by atoms with Crippen LogP contribution in [0.15, 0.2) is 54.9 Å². The molecule has 2 aliphatic rings. The van der Waals surface area contributed by atoms with Crippen LogP contribution < -0.4 is 4.90 Å². The van der Waals surface area contributed by atoms with Crippen molar-refractivity contribution in [1.29, 1.82) is 0 Å². The molecule has 0 aliphatic heterocycles. The second-order valence-corrected chi connectivity index (χ2v) is 27.7. The Morgan fingerprint density at radius 2 is 1.43 bits per heavy atom. The maximum Gasteiger partial charge on any atom is 0.165 e. The molecule has 2 aliphatic carbocycles. The molecule has 1 aromatic carbocycles. The van der Waals surface area contributed by atoms with Crippen LogP contribution in [0, 0.1) is 18.8 Å². The fourth-order valence-electron chi connectivity index (χ4n) is 7.38. The molecule has 2 saturated carbocycles. The lowest BCUT2D eigenvalue weighted by Crippen LogP contribution is -2.34. The third-order valence-electron chi connectivity index (χ3n) is 10.1. The van der Waals surface area contributed by atoms with Gasteiger partial charge in [0.1, 0.15) is 19.3 Å². The molecule has 47 heavy (non-hydrogen) atoms. The van der Waals surface area contributed by atoms with Crippen LogP contribution in [0.5, 0.6) is 0 Å². The van der Waals surface area contributed by atoms with Crippen LogP contribution in [0.3, 0.4) is 0 Å². The van der Waals surface area contributed by atoms with Gasteiger partial charge in [0, 0.05) is 63.7 Å². The Morgan fingerprint density at radius 1 is 0.787 bits per heavy atom. The van der Waals surface area contributed by atoms with E-state index < -0.39 is 16.1 Å². The zero-order chi connectivity index (χ0) is 33.2. The molecule has 0 N–H and O–H groups in total. The van der Waals surface area contributed by atoms with Crippen LogP contribution in [0.25, 0.3) is 28.0 Å². The first-order valence-electron chi connectivity index (χ1n) is 17.8. The Labute approximate surface area is 284 Å². The molecular weight excluding hydrogens is 615 g/mol. The van der Waals surface area contributed by atoms with Crippen molar-refractivity contribution < 1.29 is 9.47 Å². The van der Waals surface area contributed by atoms with Crippen molar-refractivity contribution in [2.75, 3.05) is 31.6 Å². The van der Waals surface area contributed by atoms with E-state index in [2.05, 4.69) is 87.5 Å². The largest absolute Gasteiger partial charge is 0.361 e. The summed E-state index contributed by atoms with van der Waals surface area (Å²) in [5.41, 5.74) is 7.45. The van der Waals surface area contributed by atoms with E-state index in [-0.39, 0.29) is 0 Å². The number of rotatable bonds is 14. The fourth-order valence-corrected chi connectivity index (χ4v) is 8.89. The van der Waals surface area contributed by atoms with Gasteiger partial charge in [-0.25, -0.2) is 4.98 Å². The highest BCUT2D eigenvalue weighted by Gasteiger charge is 2.37. The summed E-state index contributed by atoms with van der Waals surface area (Å²) in [6.07, 6.45) is 10.5. The zero-order valence-corrected chi connectivity index (χ0v) is 31.8. The Bertz CT molecular complexity index is 1590. The Morgan fingerprint density at radius 3 is 2.00 bits per heavy atom. The van der Waals surface area contributed by atoms with Crippen molar-refractivity contribution in [2.45, 2.75) is 96.3 Å². The predicted molar refractivity (Wildman–Crippen MR) is 200 cm³/mol. The molecule has 0 amide bonds. The maximum atomic E-state index is 6.42. The van der Waals surface area contributed by atoms with Gasteiger partial charge >= 0.3 is 0 Å².